The number of piperidine rings is 1. The lowest BCUT2D eigenvalue weighted by Gasteiger charge is -2.35. The molecule has 9 heteroatoms. The van der Waals surface area contributed by atoms with E-state index >= 15 is 0 Å². The number of halogens is 2. The van der Waals surface area contributed by atoms with E-state index in [2.05, 4.69) is 11.1 Å². The highest BCUT2D eigenvalue weighted by molar-refractivity contribution is 7.89. The van der Waals surface area contributed by atoms with Crippen molar-refractivity contribution < 1.29 is 17.2 Å². The van der Waals surface area contributed by atoms with Crippen LogP contribution in [0.15, 0.2) is 47.5 Å². The summed E-state index contributed by atoms with van der Waals surface area (Å²) in [6.45, 7) is 1.28. The van der Waals surface area contributed by atoms with Crippen molar-refractivity contribution in [3.05, 3.63) is 48.2 Å². The van der Waals surface area contributed by atoms with Gasteiger partial charge in [0.05, 0.1) is 17.3 Å². The Morgan fingerprint density at radius 3 is 2.37 bits per heavy atom. The quantitative estimate of drug-likeness (QED) is 0.742. The maximum atomic E-state index is 13.4. The van der Waals surface area contributed by atoms with E-state index in [1.807, 2.05) is 4.90 Å². The molecule has 3 heterocycles. The van der Waals surface area contributed by atoms with Gasteiger partial charge in [-0.15, -0.1) is 0 Å². The molecule has 0 N–H and O–H groups in total. The summed E-state index contributed by atoms with van der Waals surface area (Å²) in [6, 6.07) is 12.1. The molecule has 0 saturated carbocycles. The molecule has 158 valence electrons. The van der Waals surface area contributed by atoms with Gasteiger partial charge in [0.15, 0.2) is 0 Å². The van der Waals surface area contributed by atoms with E-state index in [0.29, 0.717) is 43.9 Å². The Morgan fingerprint density at radius 1 is 1.07 bits per heavy atom. The van der Waals surface area contributed by atoms with Crippen LogP contribution in [0.5, 0.6) is 0 Å². The number of benzene rings is 1. The van der Waals surface area contributed by atoms with Crippen molar-refractivity contribution in [2.24, 2.45) is 0 Å². The fourth-order valence-corrected chi connectivity index (χ4v) is 5.45. The molecule has 1 atom stereocenters. The zero-order valence-corrected chi connectivity index (χ0v) is 17.2. The van der Waals surface area contributed by atoms with Gasteiger partial charge in [-0.1, -0.05) is 12.1 Å². The normalized spacial score (nSPS) is 22.6. The molecule has 0 amide bonds. The Balaban J connectivity index is 1.44. The summed E-state index contributed by atoms with van der Waals surface area (Å²) in [7, 11) is -3.69. The molecule has 1 unspecified atom stereocenters. The number of nitriles is 1. The lowest BCUT2D eigenvalue weighted by atomic mass is 10.0. The average molecular weight is 432 g/mol. The molecule has 4 rings (SSSR count). The number of sulfonamides is 1. The maximum absolute atomic E-state index is 13.4. The molecule has 1 aromatic carbocycles. The topological polar surface area (TPSA) is 77.3 Å². The minimum Gasteiger partial charge on any atom is -0.299 e. The third-order valence-electron chi connectivity index (χ3n) is 5.86. The van der Waals surface area contributed by atoms with Gasteiger partial charge in [0.1, 0.15) is 4.90 Å². The summed E-state index contributed by atoms with van der Waals surface area (Å²) < 4.78 is 54.2. The number of alkyl halides is 2. The van der Waals surface area contributed by atoms with Crippen molar-refractivity contribution in [2.75, 3.05) is 26.2 Å². The standard InChI is InChI=1S/C21H22F2N4O2S/c22-21(23)8-11-26(12-9-21)18-7-10-27(15-18)30(28,29)19-5-6-20(25-14-19)17-3-1-16(13-24)2-4-17/h1-6,14,18H,7-12,15H2. The Morgan fingerprint density at radius 2 is 1.77 bits per heavy atom. The van der Waals surface area contributed by atoms with Crippen LogP contribution in [-0.4, -0.2) is 60.8 Å². The van der Waals surface area contributed by atoms with Crippen molar-refractivity contribution in [2.45, 2.75) is 36.1 Å². The fraction of sp³-hybridized carbons (Fsp3) is 0.429. The number of likely N-dealkylation sites (tertiary alicyclic amines) is 1. The van der Waals surface area contributed by atoms with Crippen molar-refractivity contribution in [3.8, 4) is 17.3 Å². The second kappa shape index (κ2) is 8.02. The molecule has 30 heavy (non-hydrogen) atoms. The van der Waals surface area contributed by atoms with Crippen LogP contribution >= 0.6 is 0 Å². The first-order chi connectivity index (χ1) is 14.3. The second-order valence-electron chi connectivity index (χ2n) is 7.77. The van der Waals surface area contributed by atoms with E-state index in [1.165, 1.54) is 16.6 Å². The molecule has 0 radical (unpaired) electrons. The second-order valence-corrected chi connectivity index (χ2v) is 9.70. The first-order valence-electron chi connectivity index (χ1n) is 9.87. The monoisotopic (exact) mass is 432 g/mol. The number of hydrogen-bond donors (Lipinski definition) is 0. The molecule has 0 bridgehead atoms. The van der Waals surface area contributed by atoms with Gasteiger partial charge >= 0.3 is 0 Å². The van der Waals surface area contributed by atoms with Crippen molar-refractivity contribution >= 4 is 10.0 Å². The third kappa shape index (κ3) is 4.21. The maximum Gasteiger partial charge on any atom is 0.250 e. The van der Waals surface area contributed by atoms with E-state index < -0.39 is 15.9 Å². The van der Waals surface area contributed by atoms with Crippen LogP contribution in [0.1, 0.15) is 24.8 Å². The van der Waals surface area contributed by atoms with Crippen LogP contribution in [-0.2, 0) is 10.0 Å². The molecule has 2 aliphatic heterocycles. The van der Waals surface area contributed by atoms with Crippen LogP contribution in [0.3, 0.4) is 0 Å². The van der Waals surface area contributed by atoms with Crippen LogP contribution in [0, 0.1) is 11.3 Å². The van der Waals surface area contributed by atoms with Gasteiger partial charge in [-0.3, -0.25) is 9.88 Å². The Labute approximate surface area is 174 Å². The summed E-state index contributed by atoms with van der Waals surface area (Å²) in [5.41, 5.74) is 1.95. The summed E-state index contributed by atoms with van der Waals surface area (Å²) >= 11 is 0. The molecule has 6 nitrogen and oxygen atoms in total. The van der Waals surface area contributed by atoms with Crippen molar-refractivity contribution in [3.63, 3.8) is 0 Å². The molecule has 0 spiro atoms. The highest BCUT2D eigenvalue weighted by Crippen LogP contribution is 2.31. The molecular weight excluding hydrogens is 410 g/mol. The third-order valence-corrected chi connectivity index (χ3v) is 7.70. The van der Waals surface area contributed by atoms with Gasteiger partial charge < -0.3 is 0 Å². The van der Waals surface area contributed by atoms with Gasteiger partial charge in [0, 0.05) is 56.8 Å². The summed E-state index contributed by atoms with van der Waals surface area (Å²) in [5, 5.41) is 8.88. The van der Waals surface area contributed by atoms with Gasteiger partial charge in [-0.05, 0) is 30.7 Å². The molecule has 2 aliphatic rings. The molecule has 1 aromatic heterocycles. The summed E-state index contributed by atoms with van der Waals surface area (Å²) in [4.78, 5) is 6.39. The largest absolute Gasteiger partial charge is 0.299 e. The average Bonchev–Trinajstić information content (AvgIpc) is 3.25. The van der Waals surface area contributed by atoms with Crippen LogP contribution < -0.4 is 0 Å². The summed E-state index contributed by atoms with van der Waals surface area (Å²) in [5.74, 6) is -2.61. The Hall–Kier alpha value is -2.41. The van der Waals surface area contributed by atoms with Crippen molar-refractivity contribution in [1.82, 2.24) is 14.2 Å². The highest BCUT2D eigenvalue weighted by Gasteiger charge is 2.40. The van der Waals surface area contributed by atoms with Crippen LogP contribution in [0.2, 0.25) is 0 Å². The number of hydrogen-bond acceptors (Lipinski definition) is 5. The molecule has 2 fully saturated rings. The smallest absolute Gasteiger partial charge is 0.250 e. The predicted molar refractivity (Wildman–Crippen MR) is 107 cm³/mol. The number of rotatable bonds is 4. The van der Waals surface area contributed by atoms with Gasteiger partial charge in [-0.2, -0.15) is 9.57 Å². The van der Waals surface area contributed by atoms with E-state index in [1.54, 1.807) is 30.3 Å². The summed E-state index contributed by atoms with van der Waals surface area (Å²) in [6.07, 6.45) is 1.65. The number of pyridine rings is 1. The lowest BCUT2D eigenvalue weighted by molar-refractivity contribution is -0.0618. The molecule has 0 aliphatic carbocycles. The van der Waals surface area contributed by atoms with Crippen LogP contribution in [0.4, 0.5) is 8.78 Å². The van der Waals surface area contributed by atoms with Gasteiger partial charge in [-0.25, -0.2) is 17.2 Å². The SMILES string of the molecule is N#Cc1ccc(-c2ccc(S(=O)(=O)N3CCC(N4CCC(F)(F)CC4)C3)cn2)cc1. The minimum absolute atomic E-state index is 0.0262. The molecule has 2 aromatic rings. The lowest BCUT2D eigenvalue weighted by Crippen LogP contribution is -2.46. The van der Waals surface area contributed by atoms with E-state index in [0.717, 1.165) is 5.56 Å². The highest BCUT2D eigenvalue weighted by atomic mass is 32.2. The van der Waals surface area contributed by atoms with Gasteiger partial charge in [0.25, 0.3) is 5.92 Å². The number of aromatic nitrogens is 1. The van der Waals surface area contributed by atoms with E-state index in [-0.39, 0.29) is 23.8 Å². The minimum atomic E-state index is -3.69. The zero-order chi connectivity index (χ0) is 21.4. The zero-order valence-electron chi connectivity index (χ0n) is 16.3. The Bertz CT molecular complexity index is 1040. The fourth-order valence-electron chi connectivity index (χ4n) is 4.01. The van der Waals surface area contributed by atoms with E-state index in [4.69, 9.17) is 5.26 Å². The van der Waals surface area contributed by atoms with Crippen LogP contribution in [0.25, 0.3) is 11.3 Å². The Kier molecular flexibility index (Phi) is 5.57. The molecule has 2 saturated heterocycles. The molecular formula is C21H22F2N4O2S. The first-order valence-corrected chi connectivity index (χ1v) is 11.3. The van der Waals surface area contributed by atoms with Crippen molar-refractivity contribution in [1.29, 1.82) is 5.26 Å². The van der Waals surface area contributed by atoms with E-state index in [9.17, 15) is 17.2 Å². The first kappa shape index (κ1) is 20.8. The number of nitrogens with zero attached hydrogens (tertiary/aromatic N) is 4. The predicted octanol–water partition coefficient (Wildman–Crippen LogP) is 3.11. The van der Waals surface area contributed by atoms with Gasteiger partial charge in [0.2, 0.25) is 10.0 Å².